The fourth-order valence-corrected chi connectivity index (χ4v) is 3.59. The van der Waals surface area contributed by atoms with Crippen LogP contribution >= 0.6 is 0 Å². The van der Waals surface area contributed by atoms with Crippen molar-refractivity contribution in [2.24, 2.45) is 7.05 Å². The smallest absolute Gasteiger partial charge is 0.250 e. The van der Waals surface area contributed by atoms with Crippen molar-refractivity contribution >= 4 is 22.6 Å². The second-order valence-corrected chi connectivity index (χ2v) is 8.11. The minimum Gasteiger partial charge on any atom is -0.335 e. The van der Waals surface area contributed by atoms with E-state index in [2.05, 4.69) is 15.0 Å². The molecule has 1 amide bonds. The van der Waals surface area contributed by atoms with Gasteiger partial charge in [0, 0.05) is 79.6 Å². The van der Waals surface area contributed by atoms with E-state index < -0.39 is 5.95 Å². The fourth-order valence-electron chi connectivity index (χ4n) is 3.59. The number of halogens is 1. The molecule has 0 aromatic carbocycles. The average molecular weight is 445 g/mol. The Kier molecular flexibility index (Phi) is 6.28. The fraction of sp³-hybridized carbons (Fsp3) is 0.200. The normalized spacial score (nSPS) is 11.6. The Hall–Kier alpha value is -3.91. The van der Waals surface area contributed by atoms with Crippen LogP contribution in [0.4, 0.5) is 10.1 Å². The number of carbonyl (C=O) groups is 1. The number of aryl methyl sites for hydroxylation is 1. The van der Waals surface area contributed by atoms with Crippen LogP contribution in [0, 0.1) is 5.95 Å². The van der Waals surface area contributed by atoms with Crippen molar-refractivity contribution in [3.63, 3.8) is 0 Å². The second-order valence-electron chi connectivity index (χ2n) is 8.11. The van der Waals surface area contributed by atoms with Gasteiger partial charge in [0.05, 0.1) is 11.9 Å². The van der Waals surface area contributed by atoms with E-state index >= 15 is 0 Å². The molecule has 168 valence electrons. The van der Waals surface area contributed by atoms with Gasteiger partial charge in [0.1, 0.15) is 5.65 Å². The number of hydrogen-bond acceptors (Lipinski definition) is 5. The summed E-state index contributed by atoms with van der Waals surface area (Å²) in [6.07, 6.45) is 11.9. The quantitative estimate of drug-likeness (QED) is 0.333. The molecule has 4 aromatic rings. The monoisotopic (exact) mass is 444 g/mol. The van der Waals surface area contributed by atoms with E-state index in [4.69, 9.17) is 0 Å². The molecule has 0 saturated carbocycles. The molecule has 0 aliphatic rings. The van der Waals surface area contributed by atoms with Gasteiger partial charge in [-0.3, -0.25) is 9.78 Å². The molecule has 8 heteroatoms. The third-order valence-electron chi connectivity index (χ3n) is 5.36. The standard InChI is InChI=1S/C25H25FN6O/c1-30(2)9-5-6-24(33)32(4)20-10-18(13-27-15-20)19-11-21-22(16-31(3)25(21)29-14-19)17-7-8-28-23(26)12-17/h5-8,10-16H,9H2,1-4H3/b6-5+. The minimum atomic E-state index is -0.530. The Morgan fingerprint density at radius 2 is 1.85 bits per heavy atom. The van der Waals surface area contributed by atoms with Crippen LogP contribution in [0.25, 0.3) is 33.3 Å². The van der Waals surface area contributed by atoms with E-state index in [1.807, 2.05) is 55.0 Å². The van der Waals surface area contributed by atoms with E-state index in [-0.39, 0.29) is 5.91 Å². The number of fused-ring (bicyclic) bond motifs is 1. The molecule has 0 unspecified atom stereocenters. The molecule has 33 heavy (non-hydrogen) atoms. The number of aromatic nitrogens is 4. The zero-order valence-corrected chi connectivity index (χ0v) is 19.0. The summed E-state index contributed by atoms with van der Waals surface area (Å²) in [5.41, 5.74) is 4.74. The van der Waals surface area contributed by atoms with Crippen molar-refractivity contribution < 1.29 is 9.18 Å². The highest BCUT2D eigenvalue weighted by Crippen LogP contribution is 2.32. The highest BCUT2D eigenvalue weighted by atomic mass is 19.1. The van der Waals surface area contributed by atoms with E-state index in [0.29, 0.717) is 12.2 Å². The molecular formula is C25H25FN6O. The van der Waals surface area contributed by atoms with Gasteiger partial charge >= 0.3 is 0 Å². The zero-order valence-electron chi connectivity index (χ0n) is 19.0. The highest BCUT2D eigenvalue weighted by Gasteiger charge is 2.14. The van der Waals surface area contributed by atoms with Crippen LogP contribution in [0.3, 0.4) is 0 Å². The summed E-state index contributed by atoms with van der Waals surface area (Å²) in [4.78, 5) is 28.7. The van der Waals surface area contributed by atoms with Gasteiger partial charge in [-0.15, -0.1) is 0 Å². The lowest BCUT2D eigenvalue weighted by molar-refractivity contribution is -0.113. The molecule has 0 N–H and O–H groups in total. The summed E-state index contributed by atoms with van der Waals surface area (Å²) >= 11 is 0. The largest absolute Gasteiger partial charge is 0.335 e. The number of likely N-dealkylation sites (N-methyl/N-ethyl adjacent to an activating group) is 2. The molecule has 4 aromatic heterocycles. The van der Waals surface area contributed by atoms with Gasteiger partial charge in [0.2, 0.25) is 11.9 Å². The zero-order chi connectivity index (χ0) is 23.5. The Morgan fingerprint density at radius 1 is 1.06 bits per heavy atom. The molecule has 4 heterocycles. The van der Waals surface area contributed by atoms with E-state index in [1.165, 1.54) is 12.3 Å². The molecule has 4 rings (SSSR count). The van der Waals surface area contributed by atoms with E-state index in [9.17, 15) is 9.18 Å². The third kappa shape index (κ3) is 4.80. The number of anilines is 1. The van der Waals surface area contributed by atoms with Crippen LogP contribution in [0.1, 0.15) is 0 Å². The van der Waals surface area contributed by atoms with Gasteiger partial charge in [0.15, 0.2) is 0 Å². The Bertz CT molecular complexity index is 1340. The second kappa shape index (κ2) is 9.30. The topological polar surface area (TPSA) is 67.2 Å². The van der Waals surface area contributed by atoms with Gasteiger partial charge in [-0.2, -0.15) is 4.39 Å². The molecule has 0 bridgehead atoms. The minimum absolute atomic E-state index is 0.130. The predicted molar refractivity (Wildman–Crippen MR) is 128 cm³/mol. The first-order valence-electron chi connectivity index (χ1n) is 10.4. The van der Waals surface area contributed by atoms with Crippen LogP contribution in [0.15, 0.2) is 67.4 Å². The van der Waals surface area contributed by atoms with Crippen molar-refractivity contribution in [2.75, 3.05) is 32.6 Å². The lowest BCUT2D eigenvalue weighted by Crippen LogP contribution is -2.24. The van der Waals surface area contributed by atoms with Crippen molar-refractivity contribution in [2.45, 2.75) is 0 Å². The number of pyridine rings is 3. The Labute approximate surface area is 191 Å². The first-order chi connectivity index (χ1) is 15.8. The summed E-state index contributed by atoms with van der Waals surface area (Å²) in [7, 11) is 7.51. The molecule has 0 spiro atoms. The molecule has 0 aliphatic carbocycles. The van der Waals surface area contributed by atoms with Crippen LogP contribution in [0.2, 0.25) is 0 Å². The Balaban J connectivity index is 1.69. The molecule has 0 atom stereocenters. The van der Waals surface area contributed by atoms with Crippen LogP contribution in [0.5, 0.6) is 0 Å². The van der Waals surface area contributed by atoms with Crippen molar-refractivity contribution in [1.82, 2.24) is 24.4 Å². The maximum Gasteiger partial charge on any atom is 0.250 e. The summed E-state index contributed by atoms with van der Waals surface area (Å²) in [6.45, 7) is 0.685. The lowest BCUT2D eigenvalue weighted by Gasteiger charge is -2.16. The number of carbonyl (C=O) groups excluding carboxylic acids is 1. The molecule has 7 nitrogen and oxygen atoms in total. The first-order valence-corrected chi connectivity index (χ1v) is 10.4. The molecule has 0 aliphatic heterocycles. The lowest BCUT2D eigenvalue weighted by atomic mass is 10.0. The first kappa shape index (κ1) is 22.3. The van der Waals surface area contributed by atoms with Gasteiger partial charge in [-0.05, 0) is 37.9 Å². The molecular weight excluding hydrogens is 419 g/mol. The summed E-state index contributed by atoms with van der Waals surface area (Å²) < 4.78 is 15.6. The van der Waals surface area contributed by atoms with Crippen molar-refractivity contribution in [3.8, 4) is 22.3 Å². The average Bonchev–Trinajstić information content (AvgIpc) is 3.14. The van der Waals surface area contributed by atoms with Gasteiger partial charge in [-0.1, -0.05) is 6.08 Å². The van der Waals surface area contributed by atoms with Crippen molar-refractivity contribution in [1.29, 1.82) is 0 Å². The maximum atomic E-state index is 13.7. The maximum absolute atomic E-state index is 13.7. The SMILES string of the molecule is CN(C)C/C=C/C(=O)N(C)c1cncc(-c2cnc3c(c2)c(-c2ccnc(F)c2)cn3C)c1. The summed E-state index contributed by atoms with van der Waals surface area (Å²) in [6, 6.07) is 7.10. The van der Waals surface area contributed by atoms with E-state index in [0.717, 1.165) is 33.3 Å². The summed E-state index contributed by atoms with van der Waals surface area (Å²) in [5.74, 6) is -0.660. The predicted octanol–water partition coefficient (Wildman–Crippen LogP) is 3.92. The number of rotatable bonds is 6. The van der Waals surface area contributed by atoms with Crippen molar-refractivity contribution in [3.05, 3.63) is 73.3 Å². The van der Waals surface area contributed by atoms with Crippen LogP contribution in [-0.4, -0.2) is 58.0 Å². The number of nitrogens with zero attached hydrogens (tertiary/aromatic N) is 6. The van der Waals surface area contributed by atoms with Gasteiger partial charge in [-0.25, -0.2) is 9.97 Å². The number of hydrogen-bond donors (Lipinski definition) is 0. The molecule has 0 saturated heterocycles. The van der Waals surface area contributed by atoms with Gasteiger partial charge < -0.3 is 14.4 Å². The third-order valence-corrected chi connectivity index (χ3v) is 5.36. The summed E-state index contributed by atoms with van der Waals surface area (Å²) in [5, 5.41) is 0.891. The van der Waals surface area contributed by atoms with E-state index in [1.54, 1.807) is 42.7 Å². The molecule has 0 fully saturated rings. The molecule has 0 radical (unpaired) electrons. The van der Waals surface area contributed by atoms with Crippen LogP contribution < -0.4 is 4.90 Å². The van der Waals surface area contributed by atoms with Gasteiger partial charge in [0.25, 0.3) is 0 Å². The van der Waals surface area contributed by atoms with Crippen LogP contribution in [-0.2, 0) is 11.8 Å². The number of amides is 1. The highest BCUT2D eigenvalue weighted by molar-refractivity contribution is 6.01. The Morgan fingerprint density at radius 3 is 2.61 bits per heavy atom.